The summed E-state index contributed by atoms with van der Waals surface area (Å²) in [6, 6.07) is 5.10. The van der Waals surface area contributed by atoms with Gasteiger partial charge in [-0.05, 0) is 24.6 Å². The van der Waals surface area contributed by atoms with Crippen LogP contribution in [0.15, 0.2) is 18.2 Å². The predicted molar refractivity (Wildman–Crippen MR) is 67.9 cm³/mol. The Labute approximate surface area is 104 Å². The second-order valence-corrected chi connectivity index (χ2v) is 3.98. The first-order valence-corrected chi connectivity index (χ1v) is 5.49. The number of fused-ring (bicyclic) bond motifs is 1. The van der Waals surface area contributed by atoms with Crippen LogP contribution in [0.1, 0.15) is 21.6 Å². The lowest BCUT2D eigenvalue weighted by Gasteiger charge is -2.11. The van der Waals surface area contributed by atoms with Crippen molar-refractivity contribution >= 4 is 16.9 Å². The molecule has 1 aromatic heterocycles. The molecule has 0 fully saturated rings. The molecular formula is C13H14N2O3. The van der Waals surface area contributed by atoms with Gasteiger partial charge < -0.3 is 15.6 Å². The van der Waals surface area contributed by atoms with E-state index in [2.05, 4.69) is 4.98 Å². The number of methoxy groups -OCH3 is 1. The Morgan fingerprint density at radius 1 is 1.50 bits per heavy atom. The van der Waals surface area contributed by atoms with Crippen LogP contribution in [0.25, 0.3) is 10.9 Å². The largest absolute Gasteiger partial charge is 0.494 e. The molecule has 1 aromatic carbocycles. The first-order chi connectivity index (χ1) is 8.58. The van der Waals surface area contributed by atoms with Crippen LogP contribution >= 0.6 is 0 Å². The first-order valence-electron chi connectivity index (χ1n) is 5.49. The van der Waals surface area contributed by atoms with Crippen LogP contribution in [0.4, 0.5) is 0 Å². The molecule has 1 heterocycles. The van der Waals surface area contributed by atoms with Gasteiger partial charge in [-0.15, -0.1) is 0 Å². The summed E-state index contributed by atoms with van der Waals surface area (Å²) in [5.41, 5.74) is 7.67. The maximum Gasteiger partial charge on any atom is 0.336 e. The Morgan fingerprint density at radius 3 is 2.78 bits per heavy atom. The van der Waals surface area contributed by atoms with Gasteiger partial charge in [-0.1, -0.05) is 6.07 Å². The Hall–Kier alpha value is -2.14. The molecular weight excluding hydrogens is 232 g/mol. The molecule has 0 bridgehead atoms. The number of aryl methyl sites for hydroxylation is 1. The zero-order valence-corrected chi connectivity index (χ0v) is 10.2. The maximum absolute atomic E-state index is 11.3. The Morgan fingerprint density at radius 2 is 2.22 bits per heavy atom. The lowest BCUT2D eigenvalue weighted by molar-refractivity contribution is 0.0699. The van der Waals surface area contributed by atoms with Crippen LogP contribution in [0, 0.1) is 6.92 Å². The quantitative estimate of drug-likeness (QED) is 0.861. The van der Waals surface area contributed by atoms with Crippen LogP contribution in [0.2, 0.25) is 0 Å². The molecule has 0 aliphatic carbocycles. The SMILES string of the molecule is COc1ccc(C)c2c(C(=O)O)cc(CN)nc12. The van der Waals surface area contributed by atoms with Gasteiger partial charge in [0.1, 0.15) is 11.3 Å². The molecule has 18 heavy (non-hydrogen) atoms. The van der Waals surface area contributed by atoms with Gasteiger partial charge >= 0.3 is 5.97 Å². The van der Waals surface area contributed by atoms with Gasteiger partial charge in [-0.3, -0.25) is 0 Å². The molecule has 0 radical (unpaired) electrons. The van der Waals surface area contributed by atoms with Gasteiger partial charge in [0, 0.05) is 11.9 Å². The molecule has 3 N–H and O–H groups in total. The number of benzene rings is 1. The summed E-state index contributed by atoms with van der Waals surface area (Å²) < 4.78 is 5.22. The number of pyridine rings is 1. The van der Waals surface area contributed by atoms with Crippen LogP contribution in [-0.4, -0.2) is 23.2 Å². The van der Waals surface area contributed by atoms with Crippen molar-refractivity contribution in [2.24, 2.45) is 5.73 Å². The Bertz CT molecular complexity index is 623. The van der Waals surface area contributed by atoms with E-state index in [1.54, 1.807) is 6.07 Å². The highest BCUT2D eigenvalue weighted by Gasteiger charge is 2.16. The van der Waals surface area contributed by atoms with Gasteiger partial charge in [0.2, 0.25) is 0 Å². The van der Waals surface area contributed by atoms with E-state index in [1.807, 2.05) is 13.0 Å². The Kier molecular flexibility index (Phi) is 3.16. The van der Waals surface area contributed by atoms with Crippen LogP contribution in [-0.2, 0) is 6.54 Å². The number of aromatic nitrogens is 1. The summed E-state index contributed by atoms with van der Waals surface area (Å²) in [6.45, 7) is 2.03. The number of hydrogen-bond acceptors (Lipinski definition) is 4. The van der Waals surface area contributed by atoms with Crippen molar-refractivity contribution in [2.45, 2.75) is 13.5 Å². The van der Waals surface area contributed by atoms with Gasteiger partial charge in [0.05, 0.1) is 18.4 Å². The smallest absolute Gasteiger partial charge is 0.336 e. The third kappa shape index (κ3) is 1.89. The minimum atomic E-state index is -0.992. The number of aromatic carboxylic acids is 1. The van der Waals surface area contributed by atoms with Gasteiger partial charge in [0.15, 0.2) is 0 Å². The third-order valence-corrected chi connectivity index (χ3v) is 2.84. The van der Waals surface area contributed by atoms with E-state index in [4.69, 9.17) is 10.5 Å². The molecule has 2 rings (SSSR count). The van der Waals surface area contributed by atoms with Crippen LogP contribution in [0.3, 0.4) is 0 Å². The second kappa shape index (κ2) is 4.62. The fraction of sp³-hybridized carbons (Fsp3) is 0.231. The van der Waals surface area contributed by atoms with E-state index in [9.17, 15) is 9.90 Å². The molecule has 0 aliphatic heterocycles. The molecule has 5 nitrogen and oxygen atoms in total. The monoisotopic (exact) mass is 246 g/mol. The number of carboxylic acid groups (broad SMARTS) is 1. The fourth-order valence-electron chi connectivity index (χ4n) is 1.98. The van der Waals surface area contributed by atoms with Crippen LogP contribution in [0.5, 0.6) is 5.75 Å². The number of rotatable bonds is 3. The van der Waals surface area contributed by atoms with Crippen molar-refractivity contribution in [1.29, 1.82) is 0 Å². The van der Waals surface area contributed by atoms with E-state index >= 15 is 0 Å². The van der Waals surface area contributed by atoms with E-state index in [0.717, 1.165) is 5.56 Å². The second-order valence-electron chi connectivity index (χ2n) is 3.98. The summed E-state index contributed by atoms with van der Waals surface area (Å²) in [6.07, 6.45) is 0. The lowest BCUT2D eigenvalue weighted by atomic mass is 10.0. The molecule has 2 aromatic rings. The van der Waals surface area contributed by atoms with Crippen molar-refractivity contribution < 1.29 is 14.6 Å². The lowest BCUT2D eigenvalue weighted by Crippen LogP contribution is -2.07. The number of nitrogens with zero attached hydrogens (tertiary/aromatic N) is 1. The highest BCUT2D eigenvalue weighted by Crippen LogP contribution is 2.29. The highest BCUT2D eigenvalue weighted by atomic mass is 16.5. The van der Waals surface area contributed by atoms with Gasteiger partial charge in [-0.25, -0.2) is 9.78 Å². The molecule has 0 spiro atoms. The Balaban J connectivity index is 2.93. The molecule has 0 aliphatic rings. The van der Waals surface area contributed by atoms with Crippen molar-refractivity contribution in [1.82, 2.24) is 4.98 Å². The van der Waals surface area contributed by atoms with Crippen LogP contribution < -0.4 is 10.5 Å². The number of carbonyl (C=O) groups is 1. The highest BCUT2D eigenvalue weighted by molar-refractivity contribution is 6.05. The molecule has 0 unspecified atom stereocenters. The number of nitrogens with two attached hydrogens (primary N) is 1. The molecule has 94 valence electrons. The van der Waals surface area contributed by atoms with Crippen molar-refractivity contribution in [3.05, 3.63) is 35.0 Å². The number of ether oxygens (including phenoxy) is 1. The summed E-state index contributed by atoms with van der Waals surface area (Å²) in [5, 5.41) is 9.88. The topological polar surface area (TPSA) is 85.4 Å². The summed E-state index contributed by atoms with van der Waals surface area (Å²) in [4.78, 5) is 15.7. The first kappa shape index (κ1) is 12.3. The van der Waals surface area contributed by atoms with E-state index in [1.165, 1.54) is 13.2 Å². The molecule has 0 atom stereocenters. The third-order valence-electron chi connectivity index (χ3n) is 2.84. The van der Waals surface area contributed by atoms with Gasteiger partial charge in [0.25, 0.3) is 0 Å². The van der Waals surface area contributed by atoms with E-state index in [-0.39, 0.29) is 12.1 Å². The predicted octanol–water partition coefficient (Wildman–Crippen LogP) is 1.71. The molecule has 0 saturated carbocycles. The number of hydrogen-bond donors (Lipinski definition) is 2. The van der Waals surface area contributed by atoms with Crippen molar-refractivity contribution in [3.63, 3.8) is 0 Å². The summed E-state index contributed by atoms with van der Waals surface area (Å²) in [7, 11) is 1.53. The number of carboxylic acids is 1. The average Bonchev–Trinajstić information content (AvgIpc) is 2.37. The molecule has 0 amide bonds. The summed E-state index contributed by atoms with van der Waals surface area (Å²) in [5.74, 6) is -0.443. The zero-order valence-electron chi connectivity index (χ0n) is 10.2. The minimum Gasteiger partial charge on any atom is -0.494 e. The minimum absolute atomic E-state index is 0.188. The average molecular weight is 246 g/mol. The van der Waals surface area contributed by atoms with Gasteiger partial charge in [-0.2, -0.15) is 0 Å². The molecule has 0 saturated heterocycles. The molecule has 5 heteroatoms. The zero-order chi connectivity index (χ0) is 13.3. The summed E-state index contributed by atoms with van der Waals surface area (Å²) >= 11 is 0. The van der Waals surface area contributed by atoms with Crippen molar-refractivity contribution in [2.75, 3.05) is 7.11 Å². The maximum atomic E-state index is 11.3. The normalized spacial score (nSPS) is 10.6. The van der Waals surface area contributed by atoms with E-state index in [0.29, 0.717) is 22.3 Å². The fourth-order valence-corrected chi connectivity index (χ4v) is 1.98. The standard InChI is InChI=1S/C13H14N2O3/c1-7-3-4-10(18-2)12-11(7)9(13(16)17)5-8(6-14)15-12/h3-5H,6,14H2,1-2H3,(H,16,17). The van der Waals surface area contributed by atoms with Crippen molar-refractivity contribution in [3.8, 4) is 5.75 Å². The van der Waals surface area contributed by atoms with E-state index < -0.39 is 5.97 Å².